The summed E-state index contributed by atoms with van der Waals surface area (Å²) < 4.78 is 11.3. The highest BCUT2D eigenvalue weighted by Crippen LogP contribution is 2.33. The van der Waals surface area contributed by atoms with Crippen molar-refractivity contribution in [2.45, 2.75) is 26.4 Å². The molecule has 0 fully saturated rings. The number of thiophene rings is 1. The van der Waals surface area contributed by atoms with Crippen molar-refractivity contribution in [3.05, 3.63) is 45.6 Å². The van der Waals surface area contributed by atoms with Gasteiger partial charge in [0, 0.05) is 28.4 Å². The van der Waals surface area contributed by atoms with Gasteiger partial charge in [-0.1, -0.05) is 19.1 Å². The Balaban J connectivity index is 1.61. The molecule has 0 aliphatic carbocycles. The smallest absolute Gasteiger partial charge is 0.165 e. The third-order valence-electron chi connectivity index (χ3n) is 3.33. The Bertz CT molecular complexity index is 580. The van der Waals surface area contributed by atoms with Crippen LogP contribution >= 0.6 is 11.3 Å². The van der Waals surface area contributed by atoms with E-state index in [1.807, 2.05) is 23.5 Å². The summed E-state index contributed by atoms with van der Waals surface area (Å²) in [5.74, 6) is 1.76. The molecule has 0 spiro atoms. The fraction of sp³-hybridized carbons (Fsp3) is 0.375. The lowest BCUT2D eigenvalue weighted by molar-refractivity contribution is 0.169. The first-order chi connectivity index (χ1) is 9.86. The lowest BCUT2D eigenvalue weighted by Crippen LogP contribution is -2.19. The quantitative estimate of drug-likeness (QED) is 0.915. The molecule has 2 aromatic rings. The van der Waals surface area contributed by atoms with Crippen molar-refractivity contribution in [2.75, 3.05) is 13.2 Å². The first kappa shape index (κ1) is 13.5. The molecule has 20 heavy (non-hydrogen) atoms. The Morgan fingerprint density at radius 1 is 1.05 bits per heavy atom. The molecule has 1 N–H and O–H groups in total. The van der Waals surface area contributed by atoms with Crippen LogP contribution in [0.4, 0.5) is 0 Å². The Morgan fingerprint density at radius 2 is 1.90 bits per heavy atom. The van der Waals surface area contributed by atoms with E-state index in [4.69, 9.17) is 9.47 Å². The van der Waals surface area contributed by atoms with Gasteiger partial charge >= 0.3 is 0 Å². The van der Waals surface area contributed by atoms with Crippen LogP contribution in [0.3, 0.4) is 0 Å². The van der Waals surface area contributed by atoms with Gasteiger partial charge in [-0.3, -0.25) is 0 Å². The van der Waals surface area contributed by atoms with Crippen molar-refractivity contribution in [2.24, 2.45) is 0 Å². The Labute approximate surface area is 123 Å². The second kappa shape index (κ2) is 6.29. The van der Waals surface area contributed by atoms with Crippen LogP contribution in [0, 0.1) is 0 Å². The van der Waals surface area contributed by atoms with E-state index >= 15 is 0 Å². The second-order valence-corrected chi connectivity index (χ2v) is 6.02. The van der Waals surface area contributed by atoms with E-state index in [2.05, 4.69) is 30.4 Å². The number of benzene rings is 1. The predicted molar refractivity (Wildman–Crippen MR) is 81.7 cm³/mol. The van der Waals surface area contributed by atoms with E-state index in [1.54, 1.807) is 0 Å². The first-order valence-corrected chi connectivity index (χ1v) is 7.84. The Kier molecular flexibility index (Phi) is 4.23. The van der Waals surface area contributed by atoms with E-state index in [0.29, 0.717) is 13.2 Å². The second-order valence-electron chi connectivity index (χ2n) is 4.77. The molecular weight excluding hydrogens is 270 g/mol. The number of nitrogens with one attached hydrogen (secondary N) is 1. The summed E-state index contributed by atoms with van der Waals surface area (Å²) in [6.45, 7) is 5.16. The molecular formula is C16H19NO2S. The number of fused-ring (bicyclic) bond motifs is 1. The van der Waals surface area contributed by atoms with Crippen molar-refractivity contribution < 1.29 is 9.47 Å². The zero-order valence-electron chi connectivity index (χ0n) is 11.6. The topological polar surface area (TPSA) is 30.5 Å². The van der Waals surface area contributed by atoms with Gasteiger partial charge in [-0.05, 0) is 24.6 Å². The zero-order chi connectivity index (χ0) is 13.8. The zero-order valence-corrected chi connectivity index (χ0v) is 12.5. The highest BCUT2D eigenvalue weighted by molar-refractivity contribution is 7.11. The van der Waals surface area contributed by atoms with Crippen molar-refractivity contribution in [1.82, 2.24) is 5.32 Å². The van der Waals surface area contributed by atoms with Gasteiger partial charge in [-0.25, -0.2) is 0 Å². The van der Waals surface area contributed by atoms with Gasteiger partial charge in [0.1, 0.15) is 13.2 Å². The van der Waals surface area contributed by atoms with E-state index in [9.17, 15) is 0 Å². The summed E-state index contributed by atoms with van der Waals surface area (Å²) in [5, 5.41) is 3.48. The van der Waals surface area contributed by atoms with E-state index in [-0.39, 0.29) is 0 Å². The summed E-state index contributed by atoms with van der Waals surface area (Å²) >= 11 is 1.88. The lowest BCUT2D eigenvalue weighted by Gasteiger charge is -2.21. The molecule has 1 aromatic heterocycles. The van der Waals surface area contributed by atoms with Crippen LogP contribution in [0.25, 0.3) is 0 Å². The Hall–Kier alpha value is -1.52. The van der Waals surface area contributed by atoms with Gasteiger partial charge in [0.15, 0.2) is 11.5 Å². The molecule has 0 saturated carbocycles. The molecule has 0 radical (unpaired) electrons. The molecule has 4 heteroatoms. The Morgan fingerprint density at radius 3 is 2.75 bits per heavy atom. The van der Waals surface area contributed by atoms with Crippen LogP contribution in [-0.2, 0) is 19.5 Å². The molecule has 1 aliphatic rings. The molecule has 0 bridgehead atoms. The fourth-order valence-electron chi connectivity index (χ4n) is 2.30. The van der Waals surface area contributed by atoms with Gasteiger partial charge in [-0.2, -0.15) is 0 Å². The molecule has 0 atom stereocenters. The standard InChI is InChI=1S/C16H19NO2S/c1-2-13-6-7-14(20-13)11-17-10-12-4-3-5-15-16(12)19-9-8-18-15/h3-7,17H,2,8-11H2,1H3. The third-order valence-corrected chi connectivity index (χ3v) is 4.56. The number of para-hydroxylation sites is 1. The normalized spacial score (nSPS) is 13.4. The highest BCUT2D eigenvalue weighted by atomic mass is 32.1. The van der Waals surface area contributed by atoms with Crippen molar-refractivity contribution in [3.63, 3.8) is 0 Å². The van der Waals surface area contributed by atoms with Crippen molar-refractivity contribution >= 4 is 11.3 Å². The molecule has 106 valence electrons. The lowest BCUT2D eigenvalue weighted by atomic mass is 10.1. The van der Waals surface area contributed by atoms with Crippen LogP contribution in [0.1, 0.15) is 22.2 Å². The fourth-order valence-corrected chi connectivity index (χ4v) is 3.23. The minimum atomic E-state index is 0.634. The number of rotatable bonds is 5. The minimum Gasteiger partial charge on any atom is -0.486 e. The highest BCUT2D eigenvalue weighted by Gasteiger charge is 2.14. The van der Waals surface area contributed by atoms with Gasteiger partial charge in [0.05, 0.1) is 0 Å². The average Bonchev–Trinajstić information content (AvgIpc) is 2.95. The summed E-state index contributed by atoms with van der Waals surface area (Å²) in [4.78, 5) is 2.82. The average molecular weight is 289 g/mol. The summed E-state index contributed by atoms with van der Waals surface area (Å²) in [6, 6.07) is 10.5. The number of hydrogen-bond acceptors (Lipinski definition) is 4. The van der Waals surface area contributed by atoms with Gasteiger partial charge in [0.25, 0.3) is 0 Å². The first-order valence-electron chi connectivity index (χ1n) is 7.02. The van der Waals surface area contributed by atoms with Crippen molar-refractivity contribution in [3.8, 4) is 11.5 Å². The number of aryl methyl sites for hydroxylation is 1. The molecule has 0 amide bonds. The maximum atomic E-state index is 5.72. The van der Waals surface area contributed by atoms with Crippen LogP contribution in [0.5, 0.6) is 11.5 Å². The SMILES string of the molecule is CCc1ccc(CNCc2cccc3c2OCCO3)s1. The van der Waals surface area contributed by atoms with Gasteiger partial charge in [0.2, 0.25) is 0 Å². The summed E-state index contributed by atoms with van der Waals surface area (Å²) in [5.41, 5.74) is 1.16. The molecule has 2 heterocycles. The number of ether oxygens (including phenoxy) is 2. The predicted octanol–water partition coefficient (Wildman–Crippen LogP) is 3.37. The molecule has 3 nitrogen and oxygen atoms in total. The molecule has 1 aromatic carbocycles. The van der Waals surface area contributed by atoms with E-state index in [0.717, 1.165) is 36.6 Å². The summed E-state index contributed by atoms with van der Waals surface area (Å²) in [7, 11) is 0. The summed E-state index contributed by atoms with van der Waals surface area (Å²) in [6.07, 6.45) is 1.11. The van der Waals surface area contributed by atoms with Crippen LogP contribution in [0.2, 0.25) is 0 Å². The molecule has 3 rings (SSSR count). The van der Waals surface area contributed by atoms with Crippen molar-refractivity contribution in [1.29, 1.82) is 0 Å². The third kappa shape index (κ3) is 2.97. The maximum Gasteiger partial charge on any atom is 0.165 e. The van der Waals surface area contributed by atoms with Crippen LogP contribution in [0.15, 0.2) is 30.3 Å². The largest absolute Gasteiger partial charge is 0.486 e. The monoisotopic (exact) mass is 289 g/mol. The van der Waals surface area contributed by atoms with E-state index < -0.39 is 0 Å². The number of hydrogen-bond donors (Lipinski definition) is 1. The molecule has 0 unspecified atom stereocenters. The van der Waals surface area contributed by atoms with Gasteiger partial charge in [-0.15, -0.1) is 11.3 Å². The van der Waals surface area contributed by atoms with Crippen LogP contribution < -0.4 is 14.8 Å². The van der Waals surface area contributed by atoms with Crippen LogP contribution in [-0.4, -0.2) is 13.2 Å². The minimum absolute atomic E-state index is 0.634. The van der Waals surface area contributed by atoms with Gasteiger partial charge < -0.3 is 14.8 Å². The maximum absolute atomic E-state index is 5.72. The molecule has 1 aliphatic heterocycles. The van der Waals surface area contributed by atoms with E-state index in [1.165, 1.54) is 9.75 Å². The molecule has 0 saturated heterocycles.